The minimum absolute atomic E-state index is 0.994. The van der Waals surface area contributed by atoms with Crippen LogP contribution in [0.3, 0.4) is 0 Å². The van der Waals surface area contributed by atoms with Gasteiger partial charge < -0.3 is 15.0 Å². The molecule has 0 amide bonds. The average Bonchev–Trinajstić information content (AvgIpc) is 2.37. The molecule has 1 aromatic carbocycles. The second kappa shape index (κ2) is 5.65. The van der Waals surface area contributed by atoms with Crippen molar-refractivity contribution in [3.8, 4) is 5.75 Å². The molecule has 0 unspecified atom stereocenters. The van der Waals surface area contributed by atoms with Crippen LogP contribution < -0.4 is 15.0 Å². The SMILES string of the molecule is CNCCN1CCSc2c(C)ccc(OC)c21. The number of methoxy groups -OCH3 is 1. The molecule has 3 nitrogen and oxygen atoms in total. The van der Waals surface area contributed by atoms with E-state index in [4.69, 9.17) is 4.74 Å². The van der Waals surface area contributed by atoms with Gasteiger partial charge in [-0.05, 0) is 25.6 Å². The van der Waals surface area contributed by atoms with Gasteiger partial charge in [-0.3, -0.25) is 0 Å². The molecule has 4 heteroatoms. The molecule has 0 spiro atoms. The maximum atomic E-state index is 5.50. The van der Waals surface area contributed by atoms with Crippen LogP contribution >= 0.6 is 11.8 Å². The summed E-state index contributed by atoms with van der Waals surface area (Å²) >= 11 is 1.94. The maximum Gasteiger partial charge on any atom is 0.143 e. The monoisotopic (exact) mass is 252 g/mol. The van der Waals surface area contributed by atoms with Gasteiger partial charge in [0.2, 0.25) is 0 Å². The summed E-state index contributed by atoms with van der Waals surface area (Å²) in [7, 11) is 3.74. The zero-order valence-corrected chi connectivity index (χ0v) is 11.6. The Bertz CT molecular complexity index is 395. The molecule has 0 saturated carbocycles. The number of fused-ring (bicyclic) bond motifs is 1. The highest BCUT2D eigenvalue weighted by Gasteiger charge is 2.22. The van der Waals surface area contributed by atoms with E-state index in [9.17, 15) is 0 Å². The van der Waals surface area contributed by atoms with Gasteiger partial charge in [-0.15, -0.1) is 11.8 Å². The summed E-state index contributed by atoms with van der Waals surface area (Å²) in [6.07, 6.45) is 0. The van der Waals surface area contributed by atoms with Crippen LogP contribution in [0.5, 0.6) is 5.75 Å². The third-order valence-corrected chi connectivity index (χ3v) is 4.26. The normalized spacial score (nSPS) is 14.6. The molecule has 0 atom stereocenters. The number of hydrogen-bond acceptors (Lipinski definition) is 4. The number of thioether (sulfide) groups is 1. The Kier molecular flexibility index (Phi) is 4.18. The predicted octanol–water partition coefficient (Wildman–Crippen LogP) is 2.14. The lowest BCUT2D eigenvalue weighted by Crippen LogP contribution is -2.35. The first kappa shape index (κ1) is 12.6. The van der Waals surface area contributed by atoms with Gasteiger partial charge in [0.15, 0.2) is 0 Å². The van der Waals surface area contributed by atoms with E-state index in [-0.39, 0.29) is 0 Å². The Morgan fingerprint density at radius 3 is 3.00 bits per heavy atom. The molecule has 1 N–H and O–H groups in total. The quantitative estimate of drug-likeness (QED) is 0.887. The summed E-state index contributed by atoms with van der Waals surface area (Å²) in [5.74, 6) is 2.15. The molecular formula is C13H20N2OS. The summed E-state index contributed by atoms with van der Waals surface area (Å²) in [6.45, 7) is 5.30. The Hall–Kier alpha value is -0.870. The first-order valence-corrected chi connectivity index (χ1v) is 6.96. The predicted molar refractivity (Wildman–Crippen MR) is 74.6 cm³/mol. The first-order chi connectivity index (χ1) is 8.27. The molecule has 0 saturated heterocycles. The van der Waals surface area contributed by atoms with Gasteiger partial charge in [0.05, 0.1) is 12.8 Å². The fourth-order valence-electron chi connectivity index (χ4n) is 2.14. The first-order valence-electron chi connectivity index (χ1n) is 5.98. The highest BCUT2D eigenvalue weighted by molar-refractivity contribution is 7.99. The van der Waals surface area contributed by atoms with Crippen molar-refractivity contribution in [2.45, 2.75) is 11.8 Å². The van der Waals surface area contributed by atoms with Gasteiger partial charge in [0, 0.05) is 30.3 Å². The molecule has 17 heavy (non-hydrogen) atoms. The standard InChI is InChI=1S/C13H20N2OS/c1-10-4-5-11(16-3)12-13(10)17-9-8-15(12)7-6-14-2/h4-5,14H,6-9H2,1-3H3. The molecule has 1 aliphatic heterocycles. The molecule has 1 aliphatic rings. The zero-order chi connectivity index (χ0) is 12.3. The van der Waals surface area contributed by atoms with E-state index in [0.717, 1.165) is 31.1 Å². The fourth-order valence-corrected chi connectivity index (χ4v) is 3.32. The van der Waals surface area contributed by atoms with Crippen LogP contribution in [0, 0.1) is 6.92 Å². The van der Waals surface area contributed by atoms with Crippen molar-refractivity contribution in [1.29, 1.82) is 0 Å². The van der Waals surface area contributed by atoms with Crippen LogP contribution in [-0.4, -0.2) is 39.5 Å². The number of ether oxygens (including phenoxy) is 1. The molecule has 2 rings (SSSR count). The van der Waals surface area contributed by atoms with E-state index in [0.29, 0.717) is 0 Å². The van der Waals surface area contributed by atoms with E-state index in [1.165, 1.54) is 16.1 Å². The second-order valence-electron chi connectivity index (χ2n) is 4.20. The average molecular weight is 252 g/mol. The number of likely N-dealkylation sites (N-methyl/N-ethyl adjacent to an activating group) is 1. The van der Waals surface area contributed by atoms with Crippen molar-refractivity contribution in [2.24, 2.45) is 0 Å². The molecule has 1 heterocycles. The van der Waals surface area contributed by atoms with Crippen LogP contribution in [0.1, 0.15) is 5.56 Å². The molecule has 0 fully saturated rings. The van der Waals surface area contributed by atoms with Gasteiger partial charge in [-0.25, -0.2) is 0 Å². The van der Waals surface area contributed by atoms with Crippen LogP contribution in [0.2, 0.25) is 0 Å². The Morgan fingerprint density at radius 1 is 1.47 bits per heavy atom. The number of benzene rings is 1. The van der Waals surface area contributed by atoms with Crippen molar-refractivity contribution >= 4 is 17.4 Å². The van der Waals surface area contributed by atoms with E-state index in [2.05, 4.69) is 29.3 Å². The van der Waals surface area contributed by atoms with Gasteiger partial charge in [0.1, 0.15) is 5.75 Å². The summed E-state index contributed by atoms with van der Waals surface area (Å²) in [4.78, 5) is 3.81. The zero-order valence-electron chi connectivity index (χ0n) is 10.7. The minimum atomic E-state index is 0.994. The fraction of sp³-hybridized carbons (Fsp3) is 0.538. The Labute approximate surface area is 108 Å². The third-order valence-electron chi connectivity index (χ3n) is 3.07. The van der Waals surface area contributed by atoms with Gasteiger partial charge in [-0.1, -0.05) is 6.07 Å². The van der Waals surface area contributed by atoms with E-state index in [1.54, 1.807) is 7.11 Å². The molecule has 0 radical (unpaired) electrons. The molecule has 94 valence electrons. The highest BCUT2D eigenvalue weighted by atomic mass is 32.2. The molecule has 0 bridgehead atoms. The third kappa shape index (κ3) is 2.53. The summed E-state index contributed by atoms with van der Waals surface area (Å²) in [6, 6.07) is 4.22. The smallest absolute Gasteiger partial charge is 0.143 e. The van der Waals surface area contributed by atoms with E-state index >= 15 is 0 Å². The Morgan fingerprint density at radius 2 is 2.29 bits per heavy atom. The van der Waals surface area contributed by atoms with Crippen molar-refractivity contribution in [3.63, 3.8) is 0 Å². The van der Waals surface area contributed by atoms with Crippen LogP contribution in [0.25, 0.3) is 0 Å². The second-order valence-corrected chi connectivity index (χ2v) is 5.31. The number of rotatable bonds is 4. The van der Waals surface area contributed by atoms with Gasteiger partial charge >= 0.3 is 0 Å². The lowest BCUT2D eigenvalue weighted by molar-refractivity contribution is 0.413. The van der Waals surface area contributed by atoms with Crippen molar-refractivity contribution in [1.82, 2.24) is 5.32 Å². The lowest BCUT2D eigenvalue weighted by Gasteiger charge is -2.33. The van der Waals surface area contributed by atoms with Gasteiger partial charge in [-0.2, -0.15) is 0 Å². The van der Waals surface area contributed by atoms with Crippen molar-refractivity contribution in [2.75, 3.05) is 44.4 Å². The van der Waals surface area contributed by atoms with Crippen molar-refractivity contribution < 1.29 is 4.74 Å². The van der Waals surface area contributed by atoms with Crippen LogP contribution in [0.4, 0.5) is 5.69 Å². The van der Waals surface area contributed by atoms with Crippen molar-refractivity contribution in [3.05, 3.63) is 17.7 Å². The van der Waals surface area contributed by atoms with Crippen LogP contribution in [0.15, 0.2) is 17.0 Å². The maximum absolute atomic E-state index is 5.50. The summed E-state index contributed by atoms with van der Waals surface area (Å²) in [5, 5.41) is 3.21. The topological polar surface area (TPSA) is 24.5 Å². The number of aryl methyl sites for hydroxylation is 1. The number of hydrogen-bond donors (Lipinski definition) is 1. The highest BCUT2D eigenvalue weighted by Crippen LogP contribution is 2.43. The molecule has 1 aromatic rings. The van der Waals surface area contributed by atoms with E-state index in [1.807, 2.05) is 18.8 Å². The molecule has 0 aromatic heterocycles. The minimum Gasteiger partial charge on any atom is -0.495 e. The summed E-state index contributed by atoms with van der Waals surface area (Å²) < 4.78 is 5.50. The van der Waals surface area contributed by atoms with E-state index < -0.39 is 0 Å². The Balaban J connectivity index is 2.36. The number of nitrogens with one attached hydrogen (secondary N) is 1. The summed E-state index contributed by atoms with van der Waals surface area (Å²) in [5.41, 5.74) is 2.62. The number of nitrogens with zero attached hydrogens (tertiary/aromatic N) is 1. The largest absolute Gasteiger partial charge is 0.495 e. The molecular weight excluding hydrogens is 232 g/mol. The van der Waals surface area contributed by atoms with Crippen LogP contribution in [-0.2, 0) is 0 Å². The number of anilines is 1. The van der Waals surface area contributed by atoms with Gasteiger partial charge in [0.25, 0.3) is 0 Å². The molecule has 0 aliphatic carbocycles. The lowest BCUT2D eigenvalue weighted by atomic mass is 10.1.